The number of urea groups is 1. The normalized spacial score (nSPS) is 14.5. The van der Waals surface area contributed by atoms with Gasteiger partial charge in [-0.15, -0.1) is 0 Å². The summed E-state index contributed by atoms with van der Waals surface area (Å²) in [5.74, 6) is -0.260. The highest BCUT2D eigenvalue weighted by molar-refractivity contribution is 6.08. The number of amides is 3. The van der Waals surface area contributed by atoms with Crippen LogP contribution in [0.5, 0.6) is 5.75 Å². The van der Waals surface area contributed by atoms with Crippen molar-refractivity contribution in [3.05, 3.63) is 29.8 Å². The van der Waals surface area contributed by atoms with Crippen molar-refractivity contribution in [1.29, 1.82) is 0 Å². The molecule has 1 aliphatic rings. The van der Waals surface area contributed by atoms with Crippen molar-refractivity contribution >= 4 is 17.7 Å². The van der Waals surface area contributed by atoms with Crippen LogP contribution in [0.4, 0.5) is 4.79 Å². The number of nitrogens with zero attached hydrogens (tertiary/aromatic N) is 1. The highest BCUT2D eigenvalue weighted by Gasteiger charge is 2.30. The minimum Gasteiger partial charge on any atom is -0.493 e. The van der Waals surface area contributed by atoms with Crippen LogP contribution in [0.15, 0.2) is 24.3 Å². The molecule has 0 radical (unpaired) electrons. The van der Waals surface area contributed by atoms with Crippen LogP contribution in [0.25, 0.3) is 0 Å². The summed E-state index contributed by atoms with van der Waals surface area (Å²) in [5, 5.41) is 2.37. The van der Waals surface area contributed by atoms with Crippen LogP contribution in [0.3, 0.4) is 0 Å². The molecule has 0 aromatic heterocycles. The number of benzene rings is 1. The number of imide groups is 1. The fraction of sp³-hybridized carbons (Fsp3) is 0.308. The SMILES string of the molecule is CCOc1ccccc1C(=O)CN1C(=O)CNC1=O. The van der Waals surface area contributed by atoms with E-state index in [1.165, 1.54) is 0 Å². The number of carbonyl (C=O) groups is 3. The van der Waals surface area contributed by atoms with Gasteiger partial charge in [0.1, 0.15) is 5.75 Å². The lowest BCUT2D eigenvalue weighted by molar-refractivity contribution is -0.124. The zero-order valence-corrected chi connectivity index (χ0v) is 10.5. The van der Waals surface area contributed by atoms with Crippen LogP contribution in [-0.4, -0.2) is 42.3 Å². The van der Waals surface area contributed by atoms with E-state index in [4.69, 9.17) is 4.74 Å². The third kappa shape index (κ3) is 2.73. The van der Waals surface area contributed by atoms with Crippen LogP contribution < -0.4 is 10.1 Å². The number of ether oxygens (including phenoxy) is 1. The second-order valence-corrected chi connectivity index (χ2v) is 3.99. The second kappa shape index (κ2) is 5.51. The summed E-state index contributed by atoms with van der Waals surface area (Å²) < 4.78 is 5.35. The molecule has 100 valence electrons. The summed E-state index contributed by atoms with van der Waals surface area (Å²) in [4.78, 5) is 35.8. The first-order valence-electron chi connectivity index (χ1n) is 5.96. The first-order valence-corrected chi connectivity index (χ1v) is 5.96. The lowest BCUT2D eigenvalue weighted by Crippen LogP contribution is -2.35. The van der Waals surface area contributed by atoms with Crippen molar-refractivity contribution in [1.82, 2.24) is 10.2 Å². The maximum Gasteiger partial charge on any atom is 0.325 e. The molecule has 0 aliphatic carbocycles. The Bertz CT molecular complexity index is 511. The molecular formula is C13H14N2O4. The van der Waals surface area contributed by atoms with Crippen molar-refractivity contribution in [3.8, 4) is 5.75 Å². The van der Waals surface area contributed by atoms with Gasteiger partial charge >= 0.3 is 6.03 Å². The molecule has 0 unspecified atom stereocenters. The molecule has 2 rings (SSSR count). The largest absolute Gasteiger partial charge is 0.493 e. The van der Waals surface area contributed by atoms with E-state index in [1.54, 1.807) is 24.3 Å². The van der Waals surface area contributed by atoms with Gasteiger partial charge in [-0.05, 0) is 19.1 Å². The molecule has 6 nitrogen and oxygen atoms in total. The maximum atomic E-state index is 12.1. The highest BCUT2D eigenvalue weighted by Crippen LogP contribution is 2.19. The van der Waals surface area contributed by atoms with Gasteiger partial charge in [-0.1, -0.05) is 12.1 Å². The van der Waals surface area contributed by atoms with Gasteiger partial charge in [-0.25, -0.2) is 4.79 Å². The molecule has 3 amide bonds. The van der Waals surface area contributed by atoms with Crippen LogP contribution >= 0.6 is 0 Å². The third-order valence-corrected chi connectivity index (χ3v) is 2.73. The Kier molecular flexibility index (Phi) is 3.79. The molecule has 1 heterocycles. The molecule has 1 aromatic rings. The molecule has 1 aromatic carbocycles. The fourth-order valence-electron chi connectivity index (χ4n) is 1.82. The van der Waals surface area contributed by atoms with Gasteiger partial charge in [0.25, 0.3) is 0 Å². The molecule has 1 aliphatic heterocycles. The maximum absolute atomic E-state index is 12.1. The standard InChI is InChI=1S/C13H14N2O4/c1-2-19-11-6-4-3-5-9(11)10(16)8-15-12(17)7-14-13(15)18/h3-6H,2,7-8H2,1H3,(H,14,18). The van der Waals surface area contributed by atoms with E-state index in [-0.39, 0.29) is 18.9 Å². The first kappa shape index (κ1) is 13.1. The molecule has 6 heteroatoms. The quantitative estimate of drug-likeness (QED) is 0.629. The number of Topliss-reactive ketones (excluding diaryl/α,β-unsaturated/α-hetero) is 1. The lowest BCUT2D eigenvalue weighted by atomic mass is 10.1. The Morgan fingerprint density at radius 1 is 1.37 bits per heavy atom. The van der Waals surface area contributed by atoms with E-state index in [0.29, 0.717) is 17.9 Å². The summed E-state index contributed by atoms with van der Waals surface area (Å²) in [7, 11) is 0. The fourth-order valence-corrected chi connectivity index (χ4v) is 1.82. The van der Waals surface area contributed by atoms with Crippen LogP contribution in [0, 0.1) is 0 Å². The Morgan fingerprint density at radius 2 is 2.11 bits per heavy atom. The Morgan fingerprint density at radius 3 is 2.74 bits per heavy atom. The molecule has 1 saturated heterocycles. The van der Waals surface area contributed by atoms with Crippen molar-refractivity contribution in [2.24, 2.45) is 0 Å². The number of nitrogens with one attached hydrogen (secondary N) is 1. The van der Waals surface area contributed by atoms with Gasteiger partial charge in [0, 0.05) is 0 Å². The van der Waals surface area contributed by atoms with E-state index >= 15 is 0 Å². The van der Waals surface area contributed by atoms with Gasteiger partial charge in [0.2, 0.25) is 5.91 Å². The summed E-state index contributed by atoms with van der Waals surface area (Å²) >= 11 is 0. The number of ketones is 1. The van der Waals surface area contributed by atoms with Gasteiger partial charge in [-0.2, -0.15) is 0 Å². The minimum absolute atomic E-state index is 0.0563. The zero-order valence-electron chi connectivity index (χ0n) is 10.5. The predicted octanol–water partition coefficient (Wildman–Crippen LogP) is 0.820. The van der Waals surface area contributed by atoms with Crippen molar-refractivity contribution in [2.45, 2.75) is 6.92 Å². The van der Waals surface area contributed by atoms with E-state index in [1.807, 2.05) is 6.92 Å². The number of para-hydroxylation sites is 1. The van der Waals surface area contributed by atoms with Gasteiger partial charge in [0.05, 0.1) is 25.3 Å². The number of hydrogen-bond acceptors (Lipinski definition) is 4. The van der Waals surface area contributed by atoms with E-state index < -0.39 is 11.9 Å². The summed E-state index contributed by atoms with van der Waals surface area (Å²) in [6, 6.07) is 6.23. The summed E-state index contributed by atoms with van der Waals surface area (Å²) in [5.41, 5.74) is 0.372. The molecular weight excluding hydrogens is 248 g/mol. The summed E-state index contributed by atoms with van der Waals surface area (Å²) in [6.07, 6.45) is 0. The smallest absolute Gasteiger partial charge is 0.325 e. The predicted molar refractivity (Wildman–Crippen MR) is 67.1 cm³/mol. The van der Waals surface area contributed by atoms with Crippen molar-refractivity contribution in [2.75, 3.05) is 19.7 Å². The average Bonchev–Trinajstić information content (AvgIpc) is 2.71. The molecule has 0 spiro atoms. The van der Waals surface area contributed by atoms with E-state index in [0.717, 1.165) is 4.90 Å². The van der Waals surface area contributed by atoms with Crippen molar-refractivity contribution in [3.63, 3.8) is 0 Å². The van der Waals surface area contributed by atoms with Crippen LogP contribution in [-0.2, 0) is 4.79 Å². The van der Waals surface area contributed by atoms with Gasteiger partial charge in [0.15, 0.2) is 5.78 Å². The molecule has 19 heavy (non-hydrogen) atoms. The average molecular weight is 262 g/mol. The minimum atomic E-state index is -0.535. The number of rotatable bonds is 5. The molecule has 1 fully saturated rings. The third-order valence-electron chi connectivity index (χ3n) is 2.73. The van der Waals surface area contributed by atoms with E-state index in [2.05, 4.69) is 5.32 Å². The first-order chi connectivity index (χ1) is 9.13. The second-order valence-electron chi connectivity index (χ2n) is 3.99. The molecule has 0 saturated carbocycles. The Hall–Kier alpha value is -2.37. The topological polar surface area (TPSA) is 75.7 Å². The Labute approximate surface area is 110 Å². The van der Waals surface area contributed by atoms with Crippen molar-refractivity contribution < 1.29 is 19.1 Å². The molecule has 0 bridgehead atoms. The van der Waals surface area contributed by atoms with Crippen LogP contribution in [0.2, 0.25) is 0 Å². The zero-order chi connectivity index (χ0) is 13.8. The van der Waals surface area contributed by atoms with Gasteiger partial charge in [-0.3, -0.25) is 14.5 Å². The Balaban J connectivity index is 2.16. The number of hydrogen-bond donors (Lipinski definition) is 1. The lowest BCUT2D eigenvalue weighted by Gasteiger charge is -2.13. The molecule has 0 atom stereocenters. The monoisotopic (exact) mass is 262 g/mol. The van der Waals surface area contributed by atoms with Gasteiger partial charge < -0.3 is 10.1 Å². The molecule has 1 N–H and O–H groups in total. The highest BCUT2D eigenvalue weighted by atomic mass is 16.5. The van der Waals surface area contributed by atoms with E-state index in [9.17, 15) is 14.4 Å². The summed E-state index contributed by atoms with van der Waals surface area (Å²) in [6.45, 7) is 1.93. The number of carbonyl (C=O) groups excluding carboxylic acids is 3. The van der Waals surface area contributed by atoms with Crippen LogP contribution in [0.1, 0.15) is 17.3 Å².